The lowest BCUT2D eigenvalue weighted by molar-refractivity contribution is 0.652. The Balaban J connectivity index is 2.16. The summed E-state index contributed by atoms with van der Waals surface area (Å²) >= 11 is 8.12. The fourth-order valence-electron chi connectivity index (χ4n) is 2.01. The standard InChI is InChI=1S/C15H19ClN2S/c1-11(17-2)13-4-5-15(14(16)8-13)18(3)9-12-6-7-19-10-12/h4-8,10-11,17H,9H2,1-3H3. The van der Waals surface area contributed by atoms with Crippen molar-refractivity contribution in [2.24, 2.45) is 0 Å². The zero-order valence-electron chi connectivity index (χ0n) is 11.5. The minimum atomic E-state index is 0.314. The maximum atomic E-state index is 6.40. The van der Waals surface area contributed by atoms with Gasteiger partial charge in [0.1, 0.15) is 0 Å². The predicted molar refractivity (Wildman–Crippen MR) is 85.4 cm³/mol. The molecule has 0 amide bonds. The molecule has 0 spiro atoms. The molecule has 1 atom stereocenters. The van der Waals surface area contributed by atoms with E-state index >= 15 is 0 Å². The van der Waals surface area contributed by atoms with Crippen molar-refractivity contribution in [3.63, 3.8) is 0 Å². The van der Waals surface area contributed by atoms with Crippen LogP contribution in [-0.2, 0) is 6.54 Å². The fraction of sp³-hybridized carbons (Fsp3) is 0.333. The van der Waals surface area contributed by atoms with E-state index in [4.69, 9.17) is 11.6 Å². The second-order valence-corrected chi connectivity index (χ2v) is 5.90. The molecule has 2 rings (SSSR count). The molecule has 0 radical (unpaired) electrons. The van der Waals surface area contributed by atoms with Gasteiger partial charge in [-0.05, 0) is 54.1 Å². The maximum Gasteiger partial charge on any atom is 0.0642 e. The first-order valence-electron chi connectivity index (χ1n) is 6.30. The van der Waals surface area contributed by atoms with Gasteiger partial charge in [0.25, 0.3) is 0 Å². The van der Waals surface area contributed by atoms with E-state index in [1.165, 1.54) is 11.1 Å². The summed E-state index contributed by atoms with van der Waals surface area (Å²) < 4.78 is 0. The molecule has 1 aromatic heterocycles. The molecule has 1 N–H and O–H groups in total. The average Bonchev–Trinajstić information content (AvgIpc) is 2.90. The van der Waals surface area contributed by atoms with Crippen molar-refractivity contribution < 1.29 is 0 Å². The SMILES string of the molecule is CNC(C)c1ccc(N(C)Cc2ccsc2)c(Cl)c1. The van der Waals surface area contributed by atoms with E-state index in [2.05, 4.69) is 53.1 Å². The molecule has 0 aliphatic rings. The third-order valence-electron chi connectivity index (χ3n) is 3.32. The Morgan fingerprint density at radius 1 is 1.37 bits per heavy atom. The fourth-order valence-corrected chi connectivity index (χ4v) is 3.00. The lowest BCUT2D eigenvalue weighted by atomic mass is 10.1. The third kappa shape index (κ3) is 3.50. The van der Waals surface area contributed by atoms with Crippen LogP contribution in [0.5, 0.6) is 0 Å². The van der Waals surface area contributed by atoms with Gasteiger partial charge in [-0.25, -0.2) is 0 Å². The van der Waals surface area contributed by atoms with Crippen LogP contribution in [0.3, 0.4) is 0 Å². The van der Waals surface area contributed by atoms with Gasteiger partial charge in [0.2, 0.25) is 0 Å². The molecule has 0 bridgehead atoms. The first kappa shape index (κ1) is 14.4. The lowest BCUT2D eigenvalue weighted by Crippen LogP contribution is -2.17. The molecule has 1 heterocycles. The molecular formula is C15H19ClN2S. The van der Waals surface area contributed by atoms with E-state index in [0.717, 1.165) is 17.3 Å². The number of rotatable bonds is 5. The zero-order chi connectivity index (χ0) is 13.8. The number of hydrogen-bond acceptors (Lipinski definition) is 3. The summed E-state index contributed by atoms with van der Waals surface area (Å²) in [6.45, 7) is 3.00. The first-order chi connectivity index (χ1) is 9.11. The summed E-state index contributed by atoms with van der Waals surface area (Å²) in [5, 5.41) is 8.29. The van der Waals surface area contributed by atoms with Crippen molar-refractivity contribution in [3.8, 4) is 0 Å². The highest BCUT2D eigenvalue weighted by molar-refractivity contribution is 7.07. The van der Waals surface area contributed by atoms with E-state index in [1.54, 1.807) is 11.3 Å². The highest BCUT2D eigenvalue weighted by Crippen LogP contribution is 2.29. The van der Waals surface area contributed by atoms with Crippen LogP contribution in [-0.4, -0.2) is 14.1 Å². The molecule has 0 aliphatic heterocycles. The van der Waals surface area contributed by atoms with E-state index in [1.807, 2.05) is 13.1 Å². The molecule has 1 unspecified atom stereocenters. The number of halogens is 1. The molecule has 0 saturated carbocycles. The summed E-state index contributed by atoms with van der Waals surface area (Å²) in [7, 11) is 4.02. The van der Waals surface area contributed by atoms with Gasteiger partial charge in [-0.1, -0.05) is 17.7 Å². The lowest BCUT2D eigenvalue weighted by Gasteiger charge is -2.21. The summed E-state index contributed by atoms with van der Waals surface area (Å²) in [5.74, 6) is 0. The smallest absolute Gasteiger partial charge is 0.0642 e. The van der Waals surface area contributed by atoms with Crippen LogP contribution in [0.1, 0.15) is 24.1 Å². The van der Waals surface area contributed by atoms with Crippen molar-refractivity contribution in [2.45, 2.75) is 19.5 Å². The van der Waals surface area contributed by atoms with Crippen LogP contribution in [0, 0.1) is 0 Å². The second-order valence-electron chi connectivity index (χ2n) is 4.71. The van der Waals surface area contributed by atoms with E-state index in [0.29, 0.717) is 6.04 Å². The van der Waals surface area contributed by atoms with E-state index in [9.17, 15) is 0 Å². The van der Waals surface area contributed by atoms with Gasteiger partial charge < -0.3 is 10.2 Å². The van der Waals surface area contributed by atoms with Gasteiger partial charge in [0.05, 0.1) is 10.7 Å². The van der Waals surface area contributed by atoms with Crippen molar-refractivity contribution in [2.75, 3.05) is 19.0 Å². The molecule has 0 aliphatic carbocycles. The number of thiophene rings is 1. The summed E-state index contributed by atoms with van der Waals surface area (Å²) in [6.07, 6.45) is 0. The van der Waals surface area contributed by atoms with Crippen molar-refractivity contribution >= 4 is 28.6 Å². The predicted octanol–water partition coefficient (Wildman–Crippen LogP) is 4.32. The minimum Gasteiger partial charge on any atom is -0.369 e. The topological polar surface area (TPSA) is 15.3 Å². The van der Waals surface area contributed by atoms with Crippen LogP contribution in [0.2, 0.25) is 5.02 Å². The van der Waals surface area contributed by atoms with Gasteiger partial charge in [0.15, 0.2) is 0 Å². The Morgan fingerprint density at radius 3 is 2.74 bits per heavy atom. The summed E-state index contributed by atoms with van der Waals surface area (Å²) in [5.41, 5.74) is 3.59. The maximum absolute atomic E-state index is 6.40. The highest BCUT2D eigenvalue weighted by Gasteiger charge is 2.10. The normalized spacial score (nSPS) is 12.4. The molecule has 102 valence electrons. The van der Waals surface area contributed by atoms with Gasteiger partial charge in [-0.15, -0.1) is 0 Å². The Morgan fingerprint density at radius 2 is 2.16 bits per heavy atom. The average molecular weight is 295 g/mol. The zero-order valence-corrected chi connectivity index (χ0v) is 13.1. The first-order valence-corrected chi connectivity index (χ1v) is 7.63. The van der Waals surface area contributed by atoms with Gasteiger partial charge in [0, 0.05) is 19.6 Å². The van der Waals surface area contributed by atoms with Crippen molar-refractivity contribution in [1.29, 1.82) is 0 Å². The number of anilines is 1. The van der Waals surface area contributed by atoms with Crippen molar-refractivity contribution in [1.82, 2.24) is 5.32 Å². The minimum absolute atomic E-state index is 0.314. The Bertz CT molecular complexity index is 525. The molecule has 19 heavy (non-hydrogen) atoms. The number of nitrogens with zero attached hydrogens (tertiary/aromatic N) is 1. The van der Waals surface area contributed by atoms with Crippen LogP contribution >= 0.6 is 22.9 Å². The van der Waals surface area contributed by atoms with Crippen LogP contribution < -0.4 is 10.2 Å². The largest absolute Gasteiger partial charge is 0.369 e. The van der Waals surface area contributed by atoms with Crippen LogP contribution in [0.25, 0.3) is 0 Å². The molecule has 4 heteroatoms. The Labute approximate surface area is 124 Å². The van der Waals surface area contributed by atoms with Gasteiger partial charge in [-0.3, -0.25) is 0 Å². The van der Waals surface area contributed by atoms with Gasteiger partial charge >= 0.3 is 0 Å². The van der Waals surface area contributed by atoms with Crippen LogP contribution in [0.4, 0.5) is 5.69 Å². The van der Waals surface area contributed by atoms with E-state index in [-0.39, 0.29) is 0 Å². The highest BCUT2D eigenvalue weighted by atomic mass is 35.5. The molecule has 0 saturated heterocycles. The number of benzene rings is 1. The molecular weight excluding hydrogens is 276 g/mol. The molecule has 2 aromatic rings. The van der Waals surface area contributed by atoms with Gasteiger partial charge in [-0.2, -0.15) is 11.3 Å². The third-order valence-corrected chi connectivity index (χ3v) is 4.35. The summed E-state index contributed by atoms with van der Waals surface area (Å²) in [6, 6.07) is 8.73. The monoisotopic (exact) mass is 294 g/mol. The van der Waals surface area contributed by atoms with Crippen molar-refractivity contribution in [3.05, 3.63) is 51.2 Å². The van der Waals surface area contributed by atoms with Crippen LogP contribution in [0.15, 0.2) is 35.0 Å². The summed E-state index contributed by atoms with van der Waals surface area (Å²) in [4.78, 5) is 2.18. The molecule has 1 aromatic carbocycles. The number of hydrogen-bond donors (Lipinski definition) is 1. The quantitative estimate of drug-likeness (QED) is 0.883. The molecule has 0 fully saturated rings. The number of nitrogens with one attached hydrogen (secondary N) is 1. The van der Waals surface area contributed by atoms with E-state index < -0.39 is 0 Å². The Hall–Kier alpha value is -1.03. The Kier molecular flexibility index (Phi) is 4.86. The molecule has 2 nitrogen and oxygen atoms in total. The second kappa shape index (κ2) is 6.42.